The number of anilines is 1. The highest BCUT2D eigenvalue weighted by molar-refractivity contribution is 5.95. The number of piperidine rings is 1. The fraction of sp³-hybridized carbons (Fsp3) is 0.588. The van der Waals surface area contributed by atoms with Gasteiger partial charge in [0.15, 0.2) is 0 Å². The Balaban J connectivity index is 2.27. The third kappa shape index (κ3) is 4.44. The number of hydrogen-bond acceptors (Lipinski definition) is 5. The summed E-state index contributed by atoms with van der Waals surface area (Å²) in [7, 11) is 0. The van der Waals surface area contributed by atoms with Crippen molar-refractivity contribution >= 4 is 17.3 Å². The van der Waals surface area contributed by atoms with Crippen molar-refractivity contribution in [3.05, 3.63) is 33.9 Å². The van der Waals surface area contributed by atoms with Crippen molar-refractivity contribution in [2.45, 2.75) is 33.3 Å². The number of carbonyl (C=O) groups is 1. The monoisotopic (exact) mass is 335 g/mol. The molecule has 1 fully saturated rings. The molecule has 3 atom stereocenters. The number of amides is 1. The van der Waals surface area contributed by atoms with Gasteiger partial charge in [0.2, 0.25) is 0 Å². The van der Waals surface area contributed by atoms with Gasteiger partial charge in [-0.1, -0.05) is 13.8 Å². The van der Waals surface area contributed by atoms with Crippen LogP contribution in [0, 0.1) is 22.0 Å². The molecule has 132 valence electrons. The van der Waals surface area contributed by atoms with Gasteiger partial charge in [0.05, 0.1) is 11.0 Å². The van der Waals surface area contributed by atoms with Crippen molar-refractivity contribution in [1.29, 1.82) is 0 Å². The summed E-state index contributed by atoms with van der Waals surface area (Å²) in [4.78, 5) is 25.1. The summed E-state index contributed by atoms with van der Waals surface area (Å²) in [5.41, 5.74) is 0.732. The van der Waals surface area contributed by atoms with Crippen molar-refractivity contribution in [2.24, 2.45) is 11.8 Å². The van der Waals surface area contributed by atoms with E-state index >= 15 is 0 Å². The molecule has 7 heteroatoms. The molecule has 0 aliphatic carbocycles. The fourth-order valence-electron chi connectivity index (χ4n) is 3.28. The lowest BCUT2D eigenvalue weighted by molar-refractivity contribution is -0.384. The minimum atomic E-state index is -0.667. The van der Waals surface area contributed by atoms with Crippen LogP contribution >= 0.6 is 0 Å². The average molecular weight is 335 g/mol. The van der Waals surface area contributed by atoms with E-state index in [1.807, 2.05) is 4.90 Å². The van der Waals surface area contributed by atoms with Crippen LogP contribution in [0.15, 0.2) is 18.2 Å². The number of aliphatic hydroxyl groups excluding tert-OH is 1. The Morgan fingerprint density at radius 1 is 1.42 bits per heavy atom. The van der Waals surface area contributed by atoms with Gasteiger partial charge in [0, 0.05) is 31.3 Å². The summed E-state index contributed by atoms with van der Waals surface area (Å²) < 4.78 is 0. The number of nitrogens with one attached hydrogen (secondary N) is 1. The molecule has 0 radical (unpaired) electrons. The molecule has 7 nitrogen and oxygen atoms in total. The highest BCUT2D eigenvalue weighted by atomic mass is 16.6. The first-order valence-electron chi connectivity index (χ1n) is 8.27. The van der Waals surface area contributed by atoms with E-state index in [0.29, 0.717) is 17.5 Å². The van der Waals surface area contributed by atoms with Crippen molar-refractivity contribution in [3.8, 4) is 0 Å². The van der Waals surface area contributed by atoms with Crippen LogP contribution in [0.4, 0.5) is 11.4 Å². The van der Waals surface area contributed by atoms with E-state index in [2.05, 4.69) is 19.2 Å². The first-order chi connectivity index (χ1) is 11.3. The van der Waals surface area contributed by atoms with Crippen molar-refractivity contribution in [1.82, 2.24) is 5.32 Å². The quantitative estimate of drug-likeness (QED) is 0.635. The topological polar surface area (TPSA) is 95.7 Å². The van der Waals surface area contributed by atoms with Crippen LogP contribution in [-0.2, 0) is 0 Å². The lowest BCUT2D eigenvalue weighted by Crippen LogP contribution is -2.39. The highest BCUT2D eigenvalue weighted by Crippen LogP contribution is 2.33. The second-order valence-electron chi connectivity index (χ2n) is 6.87. The normalized spacial score (nSPS) is 22.1. The second-order valence-corrected chi connectivity index (χ2v) is 6.87. The average Bonchev–Trinajstić information content (AvgIpc) is 2.50. The van der Waals surface area contributed by atoms with Crippen LogP contribution in [0.5, 0.6) is 0 Å². The third-order valence-electron chi connectivity index (χ3n) is 4.20. The molecule has 1 saturated heterocycles. The SMILES string of the molecule is C[C@@H]1C[C@@H](C)CN(c2ccc(C(=O)NC[C@H](C)O)cc2[N+](=O)[O-])C1. The van der Waals surface area contributed by atoms with E-state index in [1.54, 1.807) is 19.1 Å². The molecule has 0 bridgehead atoms. The summed E-state index contributed by atoms with van der Waals surface area (Å²) in [6, 6.07) is 4.57. The van der Waals surface area contributed by atoms with Crippen LogP contribution in [0.3, 0.4) is 0 Å². The molecule has 0 saturated carbocycles. The number of aliphatic hydroxyl groups is 1. The molecular weight excluding hydrogens is 310 g/mol. The molecule has 1 aromatic carbocycles. The standard InChI is InChI=1S/C17H25N3O4/c1-11-6-12(2)10-19(9-11)15-5-4-14(7-16(15)20(23)24)17(22)18-8-13(3)21/h4-5,7,11-13,21H,6,8-10H2,1-3H3,(H,18,22)/t11-,12-,13+/m1/s1. The van der Waals surface area contributed by atoms with E-state index in [-0.39, 0.29) is 17.8 Å². The Morgan fingerprint density at radius 2 is 2.04 bits per heavy atom. The Morgan fingerprint density at radius 3 is 2.58 bits per heavy atom. The molecule has 0 aromatic heterocycles. The van der Waals surface area contributed by atoms with Crippen LogP contribution in [-0.4, -0.2) is 41.7 Å². The molecule has 1 aliphatic rings. The number of hydrogen-bond donors (Lipinski definition) is 2. The van der Waals surface area contributed by atoms with Crippen molar-refractivity contribution in [3.63, 3.8) is 0 Å². The van der Waals surface area contributed by atoms with E-state index in [9.17, 15) is 20.0 Å². The molecule has 0 unspecified atom stereocenters. The van der Waals surface area contributed by atoms with Gasteiger partial charge < -0.3 is 15.3 Å². The predicted molar refractivity (Wildman–Crippen MR) is 92.3 cm³/mol. The minimum Gasteiger partial charge on any atom is -0.392 e. The van der Waals surface area contributed by atoms with E-state index in [1.165, 1.54) is 6.07 Å². The van der Waals surface area contributed by atoms with Crippen LogP contribution in [0.2, 0.25) is 0 Å². The zero-order valence-electron chi connectivity index (χ0n) is 14.4. The Kier molecular flexibility index (Phi) is 5.77. The largest absolute Gasteiger partial charge is 0.392 e. The van der Waals surface area contributed by atoms with E-state index in [0.717, 1.165) is 19.5 Å². The van der Waals surface area contributed by atoms with Gasteiger partial charge in [-0.15, -0.1) is 0 Å². The van der Waals surface area contributed by atoms with Gasteiger partial charge in [-0.05, 0) is 37.3 Å². The summed E-state index contributed by atoms with van der Waals surface area (Å²) in [5, 5.41) is 23.3. The predicted octanol–water partition coefficient (Wildman–Crippen LogP) is 2.19. The summed E-state index contributed by atoms with van der Waals surface area (Å²) >= 11 is 0. The molecule has 1 amide bonds. The zero-order valence-corrected chi connectivity index (χ0v) is 14.4. The molecule has 1 aromatic rings. The maximum Gasteiger partial charge on any atom is 0.293 e. The van der Waals surface area contributed by atoms with Gasteiger partial charge >= 0.3 is 0 Å². The fourth-order valence-corrected chi connectivity index (χ4v) is 3.28. The first-order valence-corrected chi connectivity index (χ1v) is 8.27. The second kappa shape index (κ2) is 7.61. The summed E-state index contributed by atoms with van der Waals surface area (Å²) in [5.74, 6) is 0.524. The number of rotatable bonds is 5. The number of nitro groups is 1. The maximum absolute atomic E-state index is 12.1. The first kappa shape index (κ1) is 18.2. The minimum absolute atomic E-state index is 0.0546. The maximum atomic E-state index is 12.1. The lowest BCUT2D eigenvalue weighted by Gasteiger charge is -2.36. The van der Waals surface area contributed by atoms with Crippen LogP contribution in [0.25, 0.3) is 0 Å². The summed E-state index contributed by atoms with van der Waals surface area (Å²) in [6.45, 7) is 7.51. The number of nitro benzene ring substituents is 1. The van der Waals surface area contributed by atoms with Gasteiger partial charge in [-0.3, -0.25) is 14.9 Å². The smallest absolute Gasteiger partial charge is 0.293 e. The molecule has 0 spiro atoms. The Hall–Kier alpha value is -2.15. The number of carbonyl (C=O) groups excluding carboxylic acids is 1. The van der Waals surface area contributed by atoms with Gasteiger partial charge in [0.1, 0.15) is 5.69 Å². The Bertz CT molecular complexity index is 608. The molecular formula is C17H25N3O4. The Labute approximate surface area is 141 Å². The highest BCUT2D eigenvalue weighted by Gasteiger charge is 2.27. The van der Waals surface area contributed by atoms with Crippen LogP contribution in [0.1, 0.15) is 37.6 Å². The van der Waals surface area contributed by atoms with E-state index in [4.69, 9.17) is 0 Å². The van der Waals surface area contributed by atoms with Crippen LogP contribution < -0.4 is 10.2 Å². The molecule has 2 rings (SSSR count). The third-order valence-corrected chi connectivity index (χ3v) is 4.20. The van der Waals surface area contributed by atoms with Crippen molar-refractivity contribution < 1.29 is 14.8 Å². The molecule has 2 N–H and O–H groups in total. The van der Waals surface area contributed by atoms with Crippen molar-refractivity contribution in [2.75, 3.05) is 24.5 Å². The summed E-state index contributed by atoms with van der Waals surface area (Å²) in [6.07, 6.45) is 0.448. The van der Waals surface area contributed by atoms with Gasteiger partial charge in [-0.2, -0.15) is 0 Å². The molecule has 24 heavy (non-hydrogen) atoms. The molecule has 1 aliphatic heterocycles. The lowest BCUT2D eigenvalue weighted by atomic mass is 9.91. The van der Waals surface area contributed by atoms with Gasteiger partial charge in [0.25, 0.3) is 11.6 Å². The zero-order chi connectivity index (χ0) is 17.9. The van der Waals surface area contributed by atoms with E-state index < -0.39 is 16.9 Å². The molecule has 1 heterocycles. The number of benzene rings is 1. The van der Waals surface area contributed by atoms with Gasteiger partial charge in [-0.25, -0.2) is 0 Å². The number of nitrogens with zero attached hydrogens (tertiary/aromatic N) is 2.